The van der Waals surface area contributed by atoms with Crippen molar-refractivity contribution in [1.82, 2.24) is 4.90 Å². The zero-order valence-corrected chi connectivity index (χ0v) is 17.0. The van der Waals surface area contributed by atoms with Crippen LogP contribution < -0.4 is 4.90 Å². The highest BCUT2D eigenvalue weighted by atomic mass is 35.5. The van der Waals surface area contributed by atoms with Gasteiger partial charge >= 0.3 is 5.97 Å². The molecular weight excluding hydrogens is 412 g/mol. The molecule has 1 aromatic carbocycles. The zero-order chi connectivity index (χ0) is 21.6. The van der Waals surface area contributed by atoms with Crippen LogP contribution >= 0.6 is 11.6 Å². The van der Waals surface area contributed by atoms with Crippen LogP contribution in [0.15, 0.2) is 36.9 Å². The number of halogens is 1. The summed E-state index contributed by atoms with van der Waals surface area (Å²) in [6.45, 7) is 3.49. The highest BCUT2D eigenvalue weighted by Gasteiger charge is 2.74. The lowest BCUT2D eigenvalue weighted by Gasteiger charge is -2.36. The quantitative estimate of drug-likeness (QED) is 0.626. The van der Waals surface area contributed by atoms with Crippen LogP contribution in [-0.2, 0) is 19.1 Å². The van der Waals surface area contributed by atoms with Gasteiger partial charge in [-0.15, -0.1) is 6.58 Å². The first-order valence-corrected chi connectivity index (χ1v) is 10.2. The minimum absolute atomic E-state index is 0.0730. The summed E-state index contributed by atoms with van der Waals surface area (Å²) in [4.78, 5) is 41.7. The van der Waals surface area contributed by atoms with E-state index in [4.69, 9.17) is 16.3 Å². The molecule has 9 heteroatoms. The Morgan fingerprint density at radius 2 is 2.07 bits per heavy atom. The van der Waals surface area contributed by atoms with E-state index in [0.717, 1.165) is 0 Å². The molecule has 4 rings (SSSR count). The summed E-state index contributed by atoms with van der Waals surface area (Å²) in [6.07, 6.45) is 1.87. The summed E-state index contributed by atoms with van der Waals surface area (Å²) in [5.74, 6) is -3.88. The summed E-state index contributed by atoms with van der Waals surface area (Å²) >= 11 is 5.97. The fraction of sp³-hybridized carbons (Fsp3) is 0.476. The number of β-amino-alcohol motifs (C(OH)–C–C–N with tert-alkyl or cyclic N) is 1. The predicted molar refractivity (Wildman–Crippen MR) is 108 cm³/mol. The Balaban J connectivity index is 1.77. The smallest absolute Gasteiger partial charge is 0.310 e. The lowest BCUT2D eigenvalue weighted by molar-refractivity contribution is -0.149. The number of hydrogen-bond acceptors (Lipinski definition) is 5. The monoisotopic (exact) mass is 434 g/mol. The van der Waals surface area contributed by atoms with Crippen molar-refractivity contribution < 1.29 is 29.3 Å². The summed E-state index contributed by atoms with van der Waals surface area (Å²) in [6, 6.07) is 5.68. The number of aliphatic hydroxyl groups excluding tert-OH is 1. The van der Waals surface area contributed by atoms with Gasteiger partial charge in [0.15, 0.2) is 0 Å². The molecule has 2 N–H and O–H groups in total. The molecule has 0 unspecified atom stereocenters. The number of carbonyl (C=O) groups is 3. The third kappa shape index (κ3) is 2.93. The van der Waals surface area contributed by atoms with Crippen molar-refractivity contribution >= 4 is 35.1 Å². The Bertz CT molecular complexity index is 890. The molecule has 3 fully saturated rings. The van der Waals surface area contributed by atoms with Crippen LogP contribution in [0.1, 0.15) is 12.8 Å². The van der Waals surface area contributed by atoms with E-state index in [9.17, 15) is 24.6 Å². The standard InChI is InChI=1S/C21H23ClN2O6/c1-2-9-23(13-5-3-12(22)4-6-13)19(27)17-21-8-7-14(30-21)15(20(28)29)16(21)18(26)24(17)10-11-25/h2-6,14-17,25H,1,7-11H2,(H,28,29)/t14-,15+,16+,17-,21+/m0/s1. The van der Waals surface area contributed by atoms with Gasteiger partial charge in [-0.2, -0.15) is 0 Å². The van der Waals surface area contributed by atoms with Crippen molar-refractivity contribution in [2.75, 3.05) is 24.6 Å². The number of likely N-dealkylation sites (tertiary alicyclic amines) is 1. The van der Waals surface area contributed by atoms with Crippen LogP contribution in [0.5, 0.6) is 0 Å². The van der Waals surface area contributed by atoms with Gasteiger partial charge in [-0.1, -0.05) is 17.7 Å². The van der Waals surface area contributed by atoms with Crippen LogP contribution in [0.3, 0.4) is 0 Å². The summed E-state index contributed by atoms with van der Waals surface area (Å²) in [5, 5.41) is 19.8. The minimum Gasteiger partial charge on any atom is -0.481 e. The van der Waals surface area contributed by atoms with E-state index < -0.39 is 47.4 Å². The molecule has 2 bridgehead atoms. The normalized spacial score (nSPS) is 31.7. The Morgan fingerprint density at radius 1 is 1.37 bits per heavy atom. The van der Waals surface area contributed by atoms with E-state index in [1.54, 1.807) is 30.3 Å². The lowest BCUT2D eigenvalue weighted by atomic mass is 9.70. The first-order chi connectivity index (χ1) is 14.4. The summed E-state index contributed by atoms with van der Waals surface area (Å²) in [5.41, 5.74) is -0.633. The second kappa shape index (κ2) is 7.68. The second-order valence-electron chi connectivity index (χ2n) is 7.86. The molecule has 1 spiro atoms. The molecule has 5 atom stereocenters. The van der Waals surface area contributed by atoms with Crippen LogP contribution in [-0.4, -0.2) is 70.3 Å². The number of anilines is 1. The number of carboxylic acid groups (broad SMARTS) is 1. The van der Waals surface area contributed by atoms with Crippen molar-refractivity contribution in [2.45, 2.75) is 30.6 Å². The Morgan fingerprint density at radius 3 is 2.67 bits per heavy atom. The summed E-state index contributed by atoms with van der Waals surface area (Å²) < 4.78 is 6.10. The maximum Gasteiger partial charge on any atom is 0.310 e. The van der Waals surface area contributed by atoms with Gasteiger partial charge in [-0.3, -0.25) is 14.4 Å². The fourth-order valence-electron chi connectivity index (χ4n) is 5.28. The van der Waals surface area contributed by atoms with E-state index in [1.165, 1.54) is 9.80 Å². The highest BCUT2D eigenvalue weighted by molar-refractivity contribution is 6.30. The van der Waals surface area contributed by atoms with E-state index in [1.807, 2.05) is 0 Å². The SMILES string of the molecule is C=CCN(C(=O)[C@@H]1N(CCO)C(=O)[C@H]2[C@H](C(=O)O)[C@@H]3CC[C@]12O3)c1ccc(Cl)cc1. The molecule has 0 aromatic heterocycles. The maximum absolute atomic E-state index is 13.8. The predicted octanol–water partition coefficient (Wildman–Crippen LogP) is 1.31. The van der Waals surface area contributed by atoms with Gasteiger partial charge < -0.3 is 24.7 Å². The molecule has 3 saturated heterocycles. The molecule has 0 aliphatic carbocycles. The van der Waals surface area contributed by atoms with Gasteiger partial charge in [0.2, 0.25) is 5.91 Å². The van der Waals surface area contributed by atoms with Crippen molar-refractivity contribution in [2.24, 2.45) is 11.8 Å². The minimum atomic E-state index is -1.21. The number of hydrogen-bond donors (Lipinski definition) is 2. The first kappa shape index (κ1) is 20.8. The molecule has 0 radical (unpaired) electrons. The van der Waals surface area contributed by atoms with E-state index in [-0.39, 0.29) is 19.7 Å². The number of rotatable bonds is 7. The number of aliphatic carboxylic acids is 1. The number of ether oxygens (including phenoxy) is 1. The van der Waals surface area contributed by atoms with Gasteiger partial charge in [0.1, 0.15) is 11.6 Å². The Kier molecular flexibility index (Phi) is 5.34. The van der Waals surface area contributed by atoms with Crippen LogP contribution in [0.4, 0.5) is 5.69 Å². The number of carboxylic acids is 1. The highest BCUT2D eigenvalue weighted by Crippen LogP contribution is 2.58. The number of benzene rings is 1. The number of fused-ring (bicyclic) bond motifs is 1. The number of nitrogens with zero attached hydrogens (tertiary/aromatic N) is 2. The zero-order valence-electron chi connectivity index (χ0n) is 16.2. The lowest BCUT2D eigenvalue weighted by Crippen LogP contribution is -2.56. The summed E-state index contributed by atoms with van der Waals surface area (Å²) in [7, 11) is 0. The van der Waals surface area contributed by atoms with E-state index >= 15 is 0 Å². The number of carbonyl (C=O) groups excluding carboxylic acids is 2. The second-order valence-corrected chi connectivity index (χ2v) is 8.30. The van der Waals surface area contributed by atoms with Crippen molar-refractivity contribution in [3.8, 4) is 0 Å². The maximum atomic E-state index is 13.8. The average Bonchev–Trinajstić information content (AvgIpc) is 3.35. The van der Waals surface area contributed by atoms with Gasteiger partial charge in [0.05, 0.1) is 24.5 Å². The van der Waals surface area contributed by atoms with E-state index in [0.29, 0.717) is 23.6 Å². The Labute approximate surface area is 178 Å². The van der Waals surface area contributed by atoms with Crippen LogP contribution in [0.2, 0.25) is 5.02 Å². The molecule has 1 aromatic rings. The molecule has 0 saturated carbocycles. The molecule has 30 heavy (non-hydrogen) atoms. The number of aliphatic hydroxyl groups is 1. The van der Waals surface area contributed by atoms with Crippen molar-refractivity contribution in [1.29, 1.82) is 0 Å². The third-order valence-electron chi connectivity index (χ3n) is 6.38. The van der Waals surface area contributed by atoms with Gasteiger partial charge in [0, 0.05) is 23.8 Å². The number of amides is 2. The van der Waals surface area contributed by atoms with Crippen LogP contribution in [0, 0.1) is 11.8 Å². The molecule has 3 heterocycles. The average molecular weight is 435 g/mol. The molecule has 2 amide bonds. The first-order valence-electron chi connectivity index (χ1n) is 9.85. The molecule has 8 nitrogen and oxygen atoms in total. The van der Waals surface area contributed by atoms with E-state index in [2.05, 4.69) is 6.58 Å². The van der Waals surface area contributed by atoms with Gasteiger partial charge in [0.25, 0.3) is 5.91 Å². The van der Waals surface area contributed by atoms with Gasteiger partial charge in [-0.25, -0.2) is 0 Å². The third-order valence-corrected chi connectivity index (χ3v) is 6.63. The fourth-order valence-corrected chi connectivity index (χ4v) is 5.41. The molecule has 3 aliphatic rings. The van der Waals surface area contributed by atoms with Crippen molar-refractivity contribution in [3.63, 3.8) is 0 Å². The molecular formula is C21H23ClN2O6. The molecule has 160 valence electrons. The topological polar surface area (TPSA) is 107 Å². The van der Waals surface area contributed by atoms with Crippen LogP contribution in [0.25, 0.3) is 0 Å². The molecule has 3 aliphatic heterocycles. The Hall–Kier alpha value is -2.42. The van der Waals surface area contributed by atoms with Crippen molar-refractivity contribution in [3.05, 3.63) is 41.9 Å². The largest absolute Gasteiger partial charge is 0.481 e. The van der Waals surface area contributed by atoms with Gasteiger partial charge in [-0.05, 0) is 37.1 Å².